The Labute approximate surface area is 197 Å². The lowest BCUT2D eigenvalue weighted by atomic mass is 9.83. The number of carbonyl (C=O) groups is 2. The van der Waals surface area contributed by atoms with Crippen LogP contribution in [-0.2, 0) is 33.1 Å². The minimum atomic E-state index is -1.02. The molecular formula is C13H21I2NO10S2. The number of halogens is 2. The van der Waals surface area contributed by atoms with Crippen molar-refractivity contribution in [2.45, 2.75) is 39.3 Å². The van der Waals surface area contributed by atoms with E-state index in [-0.39, 0.29) is 31.4 Å². The summed E-state index contributed by atoms with van der Waals surface area (Å²) in [7, 11) is 0. The minimum Gasteiger partial charge on any atom is -0.480 e. The van der Waals surface area contributed by atoms with Gasteiger partial charge in [0, 0.05) is 43.4 Å². The lowest BCUT2D eigenvalue weighted by molar-refractivity contribution is -0.432. The molecule has 1 rings (SSSR count). The zero-order valence-electron chi connectivity index (χ0n) is 14.3. The number of ether oxygens (including phenoxy) is 1. The van der Waals surface area contributed by atoms with Crippen LogP contribution in [-0.4, -0.2) is 59.1 Å². The highest BCUT2D eigenvalue weighted by molar-refractivity contribution is 14.1. The molecule has 28 heavy (non-hydrogen) atoms. The fraction of sp³-hybridized carbons (Fsp3) is 0.846. The van der Waals surface area contributed by atoms with Gasteiger partial charge in [0.25, 0.3) is 0 Å². The Balaban J connectivity index is 2.62. The van der Waals surface area contributed by atoms with Crippen molar-refractivity contribution in [3.63, 3.8) is 0 Å². The molecule has 15 heteroatoms. The van der Waals surface area contributed by atoms with Crippen LogP contribution in [0, 0.1) is 11.8 Å². The first-order valence-electron chi connectivity index (χ1n) is 7.96. The maximum Gasteiger partial charge on any atom is 0.320 e. The second kappa shape index (κ2) is 14.8. The van der Waals surface area contributed by atoms with Gasteiger partial charge in [0.2, 0.25) is 0 Å². The number of alkyl halides is 2. The summed E-state index contributed by atoms with van der Waals surface area (Å²) in [4.78, 5) is 23.5. The fourth-order valence-electron chi connectivity index (χ4n) is 2.71. The van der Waals surface area contributed by atoms with Gasteiger partial charge < -0.3 is 15.6 Å². The molecule has 0 spiro atoms. The Hall–Kier alpha value is 0.820. The van der Waals surface area contributed by atoms with Gasteiger partial charge in [-0.05, 0) is 25.2 Å². The highest BCUT2D eigenvalue weighted by Crippen LogP contribution is 2.38. The maximum atomic E-state index is 12.6. The van der Waals surface area contributed by atoms with E-state index in [2.05, 4.69) is 63.9 Å². The second-order valence-electron chi connectivity index (χ2n) is 6.00. The van der Waals surface area contributed by atoms with Crippen molar-refractivity contribution >= 4 is 81.2 Å². The third-order valence-corrected chi connectivity index (χ3v) is 7.84. The summed E-state index contributed by atoms with van der Waals surface area (Å²) < 4.78 is 14.3. The molecule has 0 radical (unpaired) electrons. The van der Waals surface area contributed by atoms with Crippen molar-refractivity contribution in [3.8, 4) is 0 Å². The van der Waals surface area contributed by atoms with Crippen molar-refractivity contribution in [3.05, 3.63) is 0 Å². The number of rotatable bonds is 13. The molecule has 164 valence electrons. The smallest absolute Gasteiger partial charge is 0.320 e. The van der Waals surface area contributed by atoms with Crippen molar-refractivity contribution in [1.82, 2.24) is 0 Å². The van der Waals surface area contributed by atoms with Gasteiger partial charge in [0.15, 0.2) is 0 Å². The Morgan fingerprint density at radius 3 is 2.00 bits per heavy atom. The van der Waals surface area contributed by atoms with E-state index < -0.39 is 23.9 Å². The van der Waals surface area contributed by atoms with Crippen LogP contribution < -0.4 is 5.73 Å². The SMILES string of the molecule is NC(CC1CC(I)C(OC(=O)C(CSOOO)CSOOO)C(I)C1)C(=O)O. The molecule has 5 N–H and O–H groups in total. The van der Waals surface area contributed by atoms with E-state index in [1.165, 1.54) is 0 Å². The van der Waals surface area contributed by atoms with E-state index in [4.69, 9.17) is 26.1 Å². The quantitative estimate of drug-likeness (QED) is 0.0430. The normalized spacial score (nSPS) is 26.2. The second-order valence-corrected chi connectivity index (χ2v) is 10.6. The van der Waals surface area contributed by atoms with Gasteiger partial charge in [-0.2, -0.15) is 0 Å². The summed E-state index contributed by atoms with van der Waals surface area (Å²) in [5.41, 5.74) is 5.64. The van der Waals surface area contributed by atoms with Gasteiger partial charge in [-0.3, -0.25) is 9.59 Å². The predicted molar refractivity (Wildman–Crippen MR) is 116 cm³/mol. The van der Waals surface area contributed by atoms with Crippen LogP contribution in [0.25, 0.3) is 0 Å². The first-order valence-corrected chi connectivity index (χ1v) is 12.3. The monoisotopic (exact) mass is 669 g/mol. The number of carboxylic acids is 1. The number of carbonyl (C=O) groups excluding carboxylic acids is 1. The molecule has 0 heterocycles. The molecule has 11 nitrogen and oxygen atoms in total. The predicted octanol–water partition coefficient (Wildman–Crippen LogP) is 2.47. The van der Waals surface area contributed by atoms with Crippen LogP contribution in [0.1, 0.15) is 19.3 Å². The number of carboxylic acid groups (broad SMARTS) is 1. The zero-order valence-corrected chi connectivity index (χ0v) is 20.3. The molecule has 0 amide bonds. The molecular weight excluding hydrogens is 648 g/mol. The van der Waals surface area contributed by atoms with Crippen molar-refractivity contribution in [2.75, 3.05) is 11.5 Å². The maximum absolute atomic E-state index is 12.6. The lowest BCUT2D eigenvalue weighted by Gasteiger charge is -2.37. The highest BCUT2D eigenvalue weighted by atomic mass is 127. The van der Waals surface area contributed by atoms with Gasteiger partial charge in [0.05, 0.1) is 5.92 Å². The molecule has 1 aliphatic rings. The van der Waals surface area contributed by atoms with Crippen LogP contribution in [0.5, 0.6) is 0 Å². The summed E-state index contributed by atoms with van der Waals surface area (Å²) in [6.07, 6.45) is 1.40. The molecule has 3 atom stereocenters. The van der Waals surface area contributed by atoms with Gasteiger partial charge in [-0.1, -0.05) is 55.3 Å². The average Bonchev–Trinajstić information content (AvgIpc) is 2.63. The van der Waals surface area contributed by atoms with Gasteiger partial charge in [0.1, 0.15) is 12.1 Å². The van der Waals surface area contributed by atoms with E-state index in [1.807, 2.05) is 0 Å². The molecule has 0 aromatic heterocycles. The minimum absolute atomic E-state index is 0.00167. The summed E-state index contributed by atoms with van der Waals surface area (Å²) in [5, 5.41) is 32.4. The Bertz CT molecular complexity index is 472. The summed E-state index contributed by atoms with van der Waals surface area (Å²) in [6, 6.07) is -0.905. The fourth-order valence-corrected chi connectivity index (χ4v) is 7.42. The molecule has 0 aromatic carbocycles. The molecule has 0 saturated heterocycles. The van der Waals surface area contributed by atoms with Crippen LogP contribution in [0.3, 0.4) is 0 Å². The topological polar surface area (TPSA) is 167 Å². The standard InChI is InChI=1S/C13H21I2NO10S2/c14-8-1-6(3-10(16)12(17)18)2-9(15)11(8)22-13(19)7(4-27-25-23-20)5-28-26-24-21/h6-11,20-21H,1-5,16H2,(H,17,18). The number of aliphatic carboxylic acids is 1. The summed E-state index contributed by atoms with van der Waals surface area (Å²) >= 11 is 5.81. The summed E-state index contributed by atoms with van der Waals surface area (Å²) in [5.74, 6) is -1.88. The molecule has 3 unspecified atom stereocenters. The van der Waals surface area contributed by atoms with E-state index in [1.54, 1.807) is 0 Å². The van der Waals surface area contributed by atoms with Gasteiger partial charge in [-0.25, -0.2) is 10.5 Å². The molecule has 0 aliphatic heterocycles. The van der Waals surface area contributed by atoms with E-state index in [9.17, 15) is 9.59 Å². The van der Waals surface area contributed by atoms with Crippen molar-refractivity contribution in [2.24, 2.45) is 17.6 Å². The third kappa shape index (κ3) is 9.75. The van der Waals surface area contributed by atoms with E-state index in [0.29, 0.717) is 43.3 Å². The Morgan fingerprint density at radius 1 is 1.07 bits per heavy atom. The van der Waals surface area contributed by atoms with Crippen LogP contribution in [0.4, 0.5) is 0 Å². The molecule has 1 aliphatic carbocycles. The summed E-state index contributed by atoms with van der Waals surface area (Å²) in [6.45, 7) is 0. The van der Waals surface area contributed by atoms with E-state index in [0.717, 1.165) is 0 Å². The molecule has 0 bridgehead atoms. The zero-order chi connectivity index (χ0) is 21.1. The van der Waals surface area contributed by atoms with Crippen LogP contribution in [0.15, 0.2) is 0 Å². The number of esters is 1. The van der Waals surface area contributed by atoms with E-state index >= 15 is 0 Å². The third-order valence-electron chi connectivity index (χ3n) is 4.02. The number of hydrogen-bond acceptors (Lipinski definition) is 12. The van der Waals surface area contributed by atoms with Crippen molar-refractivity contribution in [1.29, 1.82) is 0 Å². The van der Waals surface area contributed by atoms with Gasteiger partial charge in [-0.15, -0.1) is 8.67 Å². The number of nitrogens with two attached hydrogens (primary N) is 1. The lowest BCUT2D eigenvalue weighted by Crippen LogP contribution is -2.45. The van der Waals surface area contributed by atoms with Crippen LogP contribution in [0.2, 0.25) is 0 Å². The van der Waals surface area contributed by atoms with Gasteiger partial charge >= 0.3 is 11.9 Å². The average molecular weight is 669 g/mol. The number of hydrogen-bond donors (Lipinski definition) is 4. The largest absolute Gasteiger partial charge is 0.480 e. The Morgan fingerprint density at radius 2 is 1.57 bits per heavy atom. The van der Waals surface area contributed by atoms with Crippen LogP contribution >= 0.6 is 69.3 Å². The molecule has 0 aromatic rings. The van der Waals surface area contributed by atoms with Crippen molar-refractivity contribution < 1.29 is 48.7 Å². The molecule has 1 fully saturated rings. The first-order chi connectivity index (χ1) is 13.3. The molecule has 1 saturated carbocycles. The highest BCUT2D eigenvalue weighted by Gasteiger charge is 2.39. The Kier molecular flexibility index (Phi) is 14.2. The first kappa shape index (κ1) is 26.9.